The molecule has 1 aliphatic heterocycles. The lowest BCUT2D eigenvalue weighted by Gasteiger charge is -2.62. The molecule has 2 rings (SSSR count). The Morgan fingerprint density at radius 3 is 1.90 bits per heavy atom. The second kappa shape index (κ2) is 12.7. The Morgan fingerprint density at radius 2 is 1.51 bits per heavy atom. The number of methoxy groups -OCH3 is 2. The van der Waals surface area contributed by atoms with Crippen LogP contribution in [0.25, 0.3) is 0 Å². The second-order valence-electron chi connectivity index (χ2n) is 12.9. The standard InChI is InChI=1S/C31H54N2O6/c1-12-30(13-2)21-32(28(5,6)7)27(36)31(14-3,15-4)33(30)39-29(8,9)23-18-16-22(17-19-23)20-24(25(34)37-10)26(35)38-11/h16,23-24H,12-15,17-21H2,1-11H3/t23-/m1/s1. The fourth-order valence-electron chi connectivity index (χ4n) is 6.37. The fourth-order valence-corrected chi connectivity index (χ4v) is 6.37. The molecule has 0 radical (unpaired) electrons. The molecule has 0 N–H and O–H groups in total. The lowest BCUT2D eigenvalue weighted by atomic mass is 9.76. The van der Waals surface area contributed by atoms with Crippen LogP contribution in [0.5, 0.6) is 0 Å². The average molecular weight is 551 g/mol. The third-order valence-corrected chi connectivity index (χ3v) is 9.46. The maximum Gasteiger partial charge on any atom is 0.320 e. The van der Waals surface area contributed by atoms with Gasteiger partial charge in [-0.1, -0.05) is 39.3 Å². The number of carbonyl (C=O) groups is 3. The molecule has 39 heavy (non-hydrogen) atoms. The predicted molar refractivity (Wildman–Crippen MR) is 153 cm³/mol. The van der Waals surface area contributed by atoms with Crippen molar-refractivity contribution >= 4 is 17.8 Å². The Morgan fingerprint density at radius 1 is 0.974 bits per heavy atom. The first kappa shape index (κ1) is 33.3. The van der Waals surface area contributed by atoms with Crippen LogP contribution in [0.15, 0.2) is 11.6 Å². The minimum Gasteiger partial charge on any atom is -0.468 e. The smallest absolute Gasteiger partial charge is 0.320 e. The third-order valence-electron chi connectivity index (χ3n) is 9.46. The van der Waals surface area contributed by atoms with Crippen LogP contribution in [0.1, 0.15) is 114 Å². The van der Waals surface area contributed by atoms with Crippen LogP contribution in [0, 0.1) is 11.8 Å². The summed E-state index contributed by atoms with van der Waals surface area (Å²) in [5, 5.41) is 2.13. The maximum atomic E-state index is 14.2. The number of ether oxygens (including phenoxy) is 2. The molecule has 1 amide bonds. The van der Waals surface area contributed by atoms with E-state index in [9.17, 15) is 14.4 Å². The Balaban J connectivity index is 2.37. The van der Waals surface area contributed by atoms with Crippen LogP contribution >= 0.6 is 0 Å². The van der Waals surface area contributed by atoms with Gasteiger partial charge >= 0.3 is 11.9 Å². The van der Waals surface area contributed by atoms with Gasteiger partial charge in [0.2, 0.25) is 5.91 Å². The number of piperazine rings is 1. The lowest BCUT2D eigenvalue weighted by Crippen LogP contribution is -2.77. The van der Waals surface area contributed by atoms with Gasteiger partial charge in [-0.25, -0.2) is 0 Å². The van der Waals surface area contributed by atoms with Crippen LogP contribution in [-0.4, -0.2) is 70.8 Å². The first-order chi connectivity index (χ1) is 18.1. The lowest BCUT2D eigenvalue weighted by molar-refractivity contribution is -0.350. The summed E-state index contributed by atoms with van der Waals surface area (Å²) < 4.78 is 9.66. The van der Waals surface area contributed by atoms with E-state index in [0.29, 0.717) is 25.8 Å². The zero-order valence-corrected chi connectivity index (χ0v) is 26.4. The maximum absolute atomic E-state index is 14.2. The molecule has 1 aliphatic carbocycles. The fraction of sp³-hybridized carbons (Fsp3) is 0.839. The molecule has 8 heteroatoms. The SMILES string of the molecule is CCC1(CC)CN(C(C)(C)C)C(=O)C(CC)(CC)N1OC(C)(C)[C@@H]1CC=C(CC(C(=O)OC)C(=O)OC)CC1. The summed E-state index contributed by atoms with van der Waals surface area (Å²) in [6, 6.07) is 0. The highest BCUT2D eigenvalue weighted by Crippen LogP contribution is 2.47. The molecule has 0 aromatic heterocycles. The summed E-state index contributed by atoms with van der Waals surface area (Å²) in [5.74, 6) is -1.72. The van der Waals surface area contributed by atoms with Gasteiger partial charge in [-0.15, -0.1) is 0 Å². The van der Waals surface area contributed by atoms with Gasteiger partial charge in [-0.2, -0.15) is 5.06 Å². The molecular weight excluding hydrogens is 496 g/mol. The number of esters is 2. The van der Waals surface area contributed by atoms with Crippen LogP contribution in [-0.2, 0) is 28.7 Å². The minimum absolute atomic E-state index is 0.149. The molecule has 0 unspecified atom stereocenters. The van der Waals surface area contributed by atoms with E-state index in [1.165, 1.54) is 14.2 Å². The van der Waals surface area contributed by atoms with Crippen molar-refractivity contribution in [3.05, 3.63) is 11.6 Å². The van der Waals surface area contributed by atoms with Crippen LogP contribution in [0.3, 0.4) is 0 Å². The Bertz CT molecular complexity index is 895. The number of hydrogen-bond acceptors (Lipinski definition) is 7. The predicted octanol–water partition coefficient (Wildman–Crippen LogP) is 5.84. The summed E-state index contributed by atoms with van der Waals surface area (Å²) in [7, 11) is 2.57. The number of carbonyl (C=O) groups excluding carboxylic acids is 3. The summed E-state index contributed by atoms with van der Waals surface area (Å²) in [6.07, 6.45) is 7.92. The van der Waals surface area contributed by atoms with E-state index in [1.54, 1.807) is 0 Å². The first-order valence-electron chi connectivity index (χ1n) is 14.8. The molecule has 224 valence electrons. The molecule has 1 atom stereocenters. The van der Waals surface area contributed by atoms with E-state index in [-0.39, 0.29) is 22.9 Å². The van der Waals surface area contributed by atoms with E-state index in [1.807, 2.05) is 0 Å². The van der Waals surface area contributed by atoms with Crippen LogP contribution in [0.2, 0.25) is 0 Å². The van der Waals surface area contributed by atoms with Crippen molar-refractivity contribution in [3.63, 3.8) is 0 Å². The van der Waals surface area contributed by atoms with Gasteiger partial charge in [0, 0.05) is 12.1 Å². The zero-order chi connectivity index (χ0) is 29.8. The van der Waals surface area contributed by atoms with E-state index < -0.39 is 29.0 Å². The molecule has 1 saturated heterocycles. The summed E-state index contributed by atoms with van der Waals surface area (Å²) in [4.78, 5) is 47.7. The Labute approximate surface area is 236 Å². The molecule has 1 fully saturated rings. The van der Waals surface area contributed by atoms with Gasteiger partial charge in [-0.05, 0) is 91.9 Å². The van der Waals surface area contributed by atoms with Crippen molar-refractivity contribution < 1.29 is 28.7 Å². The highest BCUT2D eigenvalue weighted by atomic mass is 16.7. The van der Waals surface area contributed by atoms with Gasteiger partial charge in [-0.3, -0.25) is 19.2 Å². The van der Waals surface area contributed by atoms with Crippen molar-refractivity contribution in [1.29, 1.82) is 0 Å². The largest absolute Gasteiger partial charge is 0.468 e. The van der Waals surface area contributed by atoms with Gasteiger partial charge in [0.25, 0.3) is 0 Å². The Kier molecular flexibility index (Phi) is 10.8. The van der Waals surface area contributed by atoms with E-state index in [4.69, 9.17) is 14.3 Å². The number of hydroxylamine groups is 2. The zero-order valence-electron chi connectivity index (χ0n) is 26.4. The number of allylic oxidation sites excluding steroid dienone is 2. The topological polar surface area (TPSA) is 85.4 Å². The van der Waals surface area contributed by atoms with Crippen molar-refractivity contribution in [1.82, 2.24) is 9.96 Å². The van der Waals surface area contributed by atoms with Gasteiger partial charge in [0.15, 0.2) is 5.92 Å². The van der Waals surface area contributed by atoms with Gasteiger partial charge in [0.05, 0.1) is 25.4 Å². The molecule has 8 nitrogen and oxygen atoms in total. The molecule has 0 bridgehead atoms. The van der Waals surface area contributed by atoms with Crippen molar-refractivity contribution in [2.24, 2.45) is 11.8 Å². The molecule has 2 aliphatic rings. The quantitative estimate of drug-likeness (QED) is 0.182. The number of nitrogens with zero attached hydrogens (tertiary/aromatic N) is 2. The highest BCUT2D eigenvalue weighted by Gasteiger charge is 2.60. The minimum atomic E-state index is -0.943. The Hall–Kier alpha value is -1.93. The van der Waals surface area contributed by atoms with Gasteiger partial charge < -0.3 is 14.4 Å². The summed E-state index contributed by atoms with van der Waals surface area (Å²) >= 11 is 0. The van der Waals surface area contributed by atoms with E-state index in [2.05, 4.69) is 78.4 Å². The molecule has 0 aromatic rings. The van der Waals surface area contributed by atoms with Crippen molar-refractivity contribution in [2.45, 2.75) is 136 Å². The number of hydrogen-bond donors (Lipinski definition) is 0. The first-order valence-corrected chi connectivity index (χ1v) is 14.8. The van der Waals surface area contributed by atoms with Crippen LogP contribution in [0.4, 0.5) is 0 Å². The molecule has 0 spiro atoms. The van der Waals surface area contributed by atoms with Crippen LogP contribution < -0.4 is 0 Å². The number of amides is 1. The van der Waals surface area contributed by atoms with E-state index in [0.717, 1.165) is 37.7 Å². The molecule has 1 heterocycles. The van der Waals surface area contributed by atoms with E-state index >= 15 is 0 Å². The van der Waals surface area contributed by atoms with Gasteiger partial charge in [0.1, 0.15) is 5.54 Å². The average Bonchev–Trinajstić information content (AvgIpc) is 2.91. The molecule has 0 aromatic carbocycles. The monoisotopic (exact) mass is 550 g/mol. The third kappa shape index (κ3) is 6.53. The molecular formula is C31H54N2O6. The second-order valence-corrected chi connectivity index (χ2v) is 12.9. The van der Waals surface area contributed by atoms with Crippen molar-refractivity contribution in [3.8, 4) is 0 Å². The highest BCUT2D eigenvalue weighted by molar-refractivity contribution is 5.95. The normalized spacial score (nSPS) is 22.1. The number of rotatable bonds is 11. The summed E-state index contributed by atoms with van der Waals surface area (Å²) in [5.41, 5.74) is -0.778. The molecule has 0 saturated carbocycles. The summed E-state index contributed by atoms with van der Waals surface area (Å²) in [6.45, 7) is 19.9. The van der Waals surface area contributed by atoms with Crippen molar-refractivity contribution in [2.75, 3.05) is 20.8 Å².